The van der Waals surface area contributed by atoms with Crippen LogP contribution in [0.2, 0.25) is 5.02 Å². The van der Waals surface area contributed by atoms with Crippen LogP contribution < -0.4 is 5.32 Å². The monoisotopic (exact) mass is 313 g/mol. The Balaban J connectivity index is 2.26. The zero-order valence-electron chi connectivity index (χ0n) is 11.5. The molecule has 0 spiro atoms. The molecule has 0 amide bonds. The second-order valence-electron chi connectivity index (χ2n) is 4.63. The molecule has 0 bridgehead atoms. The molecule has 1 N–H and O–H groups in total. The number of hydrogen-bond donors (Lipinski definition) is 1. The lowest BCUT2D eigenvalue weighted by Crippen LogP contribution is -2.24. The molecule has 0 saturated heterocycles. The molecule has 2 rings (SSSR count). The fourth-order valence-corrected chi connectivity index (χ4v) is 3.02. The Morgan fingerprint density at radius 3 is 2.85 bits per heavy atom. The van der Waals surface area contributed by atoms with Crippen LogP contribution in [0.15, 0.2) is 18.2 Å². The summed E-state index contributed by atoms with van der Waals surface area (Å²) < 4.78 is 17.9. The second-order valence-corrected chi connectivity index (χ2v) is 5.83. The van der Waals surface area contributed by atoms with E-state index in [1.54, 1.807) is 12.1 Å². The van der Waals surface area contributed by atoms with Crippen LogP contribution in [0.1, 0.15) is 35.5 Å². The molecular formula is C14H17ClFN3S. The molecule has 0 fully saturated rings. The van der Waals surface area contributed by atoms with E-state index >= 15 is 0 Å². The standard InChI is InChI=1S/C14H17ClFN3S/c1-3-7-17-13(14-9(2)18-19-20-14)8-10-11(15)5-4-6-12(10)16/h4-6,13,17H,3,7-8H2,1-2H3. The van der Waals surface area contributed by atoms with E-state index < -0.39 is 0 Å². The van der Waals surface area contributed by atoms with Crippen LogP contribution in [-0.4, -0.2) is 16.1 Å². The number of hydrogen-bond acceptors (Lipinski definition) is 4. The van der Waals surface area contributed by atoms with Gasteiger partial charge in [-0.05, 0) is 50.0 Å². The van der Waals surface area contributed by atoms with E-state index in [0.29, 0.717) is 17.0 Å². The van der Waals surface area contributed by atoms with Crippen LogP contribution in [-0.2, 0) is 6.42 Å². The van der Waals surface area contributed by atoms with E-state index in [0.717, 1.165) is 23.5 Å². The number of halogens is 2. The van der Waals surface area contributed by atoms with Crippen LogP contribution in [0.3, 0.4) is 0 Å². The molecule has 2 aromatic rings. The molecule has 1 aromatic carbocycles. The van der Waals surface area contributed by atoms with E-state index in [1.165, 1.54) is 17.6 Å². The van der Waals surface area contributed by atoms with Crippen molar-refractivity contribution < 1.29 is 4.39 Å². The zero-order chi connectivity index (χ0) is 14.5. The van der Waals surface area contributed by atoms with Gasteiger partial charge in [-0.25, -0.2) is 4.39 Å². The predicted octanol–water partition coefficient (Wildman–Crippen LogP) is 3.92. The summed E-state index contributed by atoms with van der Waals surface area (Å²) in [7, 11) is 0. The maximum absolute atomic E-state index is 13.9. The van der Waals surface area contributed by atoms with Crippen molar-refractivity contribution in [2.24, 2.45) is 0 Å². The minimum atomic E-state index is -0.268. The van der Waals surface area contributed by atoms with Gasteiger partial charge in [-0.15, -0.1) is 5.10 Å². The molecule has 0 radical (unpaired) electrons. The molecule has 3 nitrogen and oxygen atoms in total. The molecule has 0 saturated carbocycles. The highest BCUT2D eigenvalue weighted by molar-refractivity contribution is 7.05. The lowest BCUT2D eigenvalue weighted by molar-refractivity contribution is 0.517. The van der Waals surface area contributed by atoms with E-state index in [4.69, 9.17) is 11.6 Å². The van der Waals surface area contributed by atoms with Crippen molar-refractivity contribution in [1.29, 1.82) is 0 Å². The first-order valence-corrected chi connectivity index (χ1v) is 7.73. The third kappa shape index (κ3) is 3.53. The predicted molar refractivity (Wildman–Crippen MR) is 80.8 cm³/mol. The lowest BCUT2D eigenvalue weighted by Gasteiger charge is -2.18. The van der Waals surface area contributed by atoms with Gasteiger partial charge in [-0.1, -0.05) is 29.1 Å². The summed E-state index contributed by atoms with van der Waals surface area (Å²) in [5.74, 6) is -0.268. The number of nitrogens with zero attached hydrogens (tertiary/aromatic N) is 2. The first-order chi connectivity index (χ1) is 9.63. The van der Waals surface area contributed by atoms with E-state index in [1.807, 2.05) is 6.92 Å². The Morgan fingerprint density at radius 1 is 1.45 bits per heavy atom. The number of benzene rings is 1. The molecule has 6 heteroatoms. The van der Waals surface area contributed by atoms with Crippen molar-refractivity contribution in [3.05, 3.63) is 45.2 Å². The van der Waals surface area contributed by atoms with Crippen LogP contribution in [0.25, 0.3) is 0 Å². The normalized spacial score (nSPS) is 12.6. The highest BCUT2D eigenvalue weighted by atomic mass is 35.5. The first-order valence-electron chi connectivity index (χ1n) is 6.58. The molecule has 0 aliphatic rings. The van der Waals surface area contributed by atoms with Crippen molar-refractivity contribution in [1.82, 2.24) is 14.9 Å². The molecular weight excluding hydrogens is 297 g/mol. The van der Waals surface area contributed by atoms with Crippen molar-refractivity contribution in [3.63, 3.8) is 0 Å². The SMILES string of the molecule is CCCNC(Cc1c(F)cccc1Cl)c1snnc1C. The van der Waals surface area contributed by atoms with Crippen LogP contribution in [0.5, 0.6) is 0 Å². The van der Waals surface area contributed by atoms with Crippen LogP contribution >= 0.6 is 23.1 Å². The lowest BCUT2D eigenvalue weighted by atomic mass is 10.0. The minimum absolute atomic E-state index is 0.00986. The largest absolute Gasteiger partial charge is 0.309 e. The molecule has 1 heterocycles. The van der Waals surface area contributed by atoms with Crippen molar-refractivity contribution in [3.8, 4) is 0 Å². The van der Waals surface area contributed by atoms with Gasteiger partial charge in [0.1, 0.15) is 5.82 Å². The Bertz CT molecular complexity index is 553. The Labute approximate surface area is 127 Å². The van der Waals surface area contributed by atoms with Crippen LogP contribution in [0, 0.1) is 12.7 Å². The topological polar surface area (TPSA) is 37.8 Å². The first kappa shape index (κ1) is 15.4. The molecule has 1 aromatic heterocycles. The van der Waals surface area contributed by atoms with Gasteiger partial charge in [0.05, 0.1) is 10.6 Å². The highest BCUT2D eigenvalue weighted by Crippen LogP contribution is 2.28. The molecule has 20 heavy (non-hydrogen) atoms. The fourth-order valence-electron chi connectivity index (χ4n) is 2.06. The van der Waals surface area contributed by atoms with Gasteiger partial charge in [0.25, 0.3) is 0 Å². The Kier molecular flexibility index (Phi) is 5.46. The third-order valence-electron chi connectivity index (χ3n) is 3.11. The third-order valence-corrected chi connectivity index (χ3v) is 4.41. The Morgan fingerprint density at radius 2 is 2.25 bits per heavy atom. The van der Waals surface area contributed by atoms with Crippen molar-refractivity contribution >= 4 is 23.1 Å². The summed E-state index contributed by atoms with van der Waals surface area (Å²) in [6.07, 6.45) is 1.50. The summed E-state index contributed by atoms with van der Waals surface area (Å²) in [5, 5.41) is 7.92. The second kappa shape index (κ2) is 7.11. The molecule has 0 aliphatic carbocycles. The molecule has 0 aliphatic heterocycles. The maximum Gasteiger partial charge on any atom is 0.127 e. The summed E-state index contributed by atoms with van der Waals surface area (Å²) >= 11 is 7.46. The van der Waals surface area contributed by atoms with Gasteiger partial charge in [0.2, 0.25) is 0 Å². The number of aryl methyl sites for hydroxylation is 1. The van der Waals surface area contributed by atoms with E-state index in [9.17, 15) is 4.39 Å². The number of aromatic nitrogens is 2. The van der Waals surface area contributed by atoms with Gasteiger partial charge in [0, 0.05) is 16.6 Å². The molecule has 108 valence electrons. The van der Waals surface area contributed by atoms with Crippen molar-refractivity contribution in [2.75, 3.05) is 6.54 Å². The van der Waals surface area contributed by atoms with Crippen LogP contribution in [0.4, 0.5) is 4.39 Å². The van der Waals surface area contributed by atoms with Gasteiger partial charge < -0.3 is 5.32 Å². The van der Waals surface area contributed by atoms with E-state index in [2.05, 4.69) is 21.8 Å². The van der Waals surface area contributed by atoms with Gasteiger partial charge >= 0.3 is 0 Å². The maximum atomic E-state index is 13.9. The molecule has 1 atom stereocenters. The smallest absolute Gasteiger partial charge is 0.127 e. The number of rotatable bonds is 6. The van der Waals surface area contributed by atoms with Gasteiger partial charge in [0.15, 0.2) is 0 Å². The summed E-state index contributed by atoms with van der Waals surface area (Å²) in [6, 6.07) is 4.77. The summed E-state index contributed by atoms with van der Waals surface area (Å²) in [6.45, 7) is 4.87. The average molecular weight is 314 g/mol. The van der Waals surface area contributed by atoms with Gasteiger partial charge in [-0.3, -0.25) is 0 Å². The highest BCUT2D eigenvalue weighted by Gasteiger charge is 2.20. The average Bonchev–Trinajstić information content (AvgIpc) is 2.84. The quantitative estimate of drug-likeness (QED) is 0.878. The van der Waals surface area contributed by atoms with Crippen molar-refractivity contribution in [2.45, 2.75) is 32.7 Å². The zero-order valence-corrected chi connectivity index (χ0v) is 13.1. The molecule has 1 unspecified atom stereocenters. The minimum Gasteiger partial charge on any atom is -0.309 e. The number of nitrogens with one attached hydrogen (secondary N) is 1. The summed E-state index contributed by atoms with van der Waals surface area (Å²) in [4.78, 5) is 1.04. The summed E-state index contributed by atoms with van der Waals surface area (Å²) in [5.41, 5.74) is 1.42. The Hall–Kier alpha value is -1.04. The van der Waals surface area contributed by atoms with E-state index in [-0.39, 0.29) is 11.9 Å². The fraction of sp³-hybridized carbons (Fsp3) is 0.429. The van der Waals surface area contributed by atoms with Gasteiger partial charge in [-0.2, -0.15) is 0 Å².